The number of hydrogen-bond acceptors (Lipinski definition) is 4. The van der Waals surface area contributed by atoms with Crippen molar-refractivity contribution in [3.63, 3.8) is 0 Å². The van der Waals surface area contributed by atoms with Gasteiger partial charge in [0.2, 0.25) is 5.91 Å². The predicted molar refractivity (Wildman–Crippen MR) is 125 cm³/mol. The summed E-state index contributed by atoms with van der Waals surface area (Å²) >= 11 is 0. The van der Waals surface area contributed by atoms with Crippen molar-refractivity contribution < 1.29 is 19.2 Å². The predicted octanol–water partition coefficient (Wildman–Crippen LogP) is 3.08. The summed E-state index contributed by atoms with van der Waals surface area (Å²) in [4.78, 5) is 55.6. The van der Waals surface area contributed by atoms with Gasteiger partial charge in [-0.15, -0.1) is 0 Å². The number of hydrogen-bond donors (Lipinski definition) is 0. The Morgan fingerprint density at radius 3 is 2.06 bits per heavy atom. The van der Waals surface area contributed by atoms with Crippen molar-refractivity contribution in [2.45, 2.75) is 26.3 Å². The SMILES string of the molecule is CC(C)(C)N1C(=O)c2ccc(C(=O)N3CCN(C(=O)/C=C/c4ccccc4)CC3)cc2C1=O. The highest BCUT2D eigenvalue weighted by atomic mass is 16.2. The van der Waals surface area contributed by atoms with Crippen molar-refractivity contribution in [2.24, 2.45) is 0 Å². The molecule has 1 fully saturated rings. The van der Waals surface area contributed by atoms with Crippen molar-refractivity contribution in [3.8, 4) is 0 Å². The van der Waals surface area contributed by atoms with E-state index in [9.17, 15) is 19.2 Å². The van der Waals surface area contributed by atoms with Crippen LogP contribution in [0.4, 0.5) is 0 Å². The highest BCUT2D eigenvalue weighted by Crippen LogP contribution is 2.30. The topological polar surface area (TPSA) is 78.0 Å². The molecule has 2 aliphatic rings. The lowest BCUT2D eigenvalue weighted by atomic mass is 10.0. The Balaban J connectivity index is 1.40. The summed E-state index contributed by atoms with van der Waals surface area (Å²) in [5, 5.41) is 0. The fourth-order valence-electron chi connectivity index (χ4n) is 4.13. The molecule has 0 spiro atoms. The van der Waals surface area contributed by atoms with Crippen LogP contribution in [0.3, 0.4) is 0 Å². The first-order valence-corrected chi connectivity index (χ1v) is 11.0. The van der Waals surface area contributed by atoms with Gasteiger partial charge in [-0.05, 0) is 50.6 Å². The molecule has 2 aromatic carbocycles. The lowest BCUT2D eigenvalue weighted by molar-refractivity contribution is -0.127. The van der Waals surface area contributed by atoms with Crippen LogP contribution in [0.2, 0.25) is 0 Å². The summed E-state index contributed by atoms with van der Waals surface area (Å²) in [7, 11) is 0. The zero-order valence-electron chi connectivity index (χ0n) is 19.1. The molecule has 2 aliphatic heterocycles. The zero-order valence-corrected chi connectivity index (χ0v) is 19.1. The van der Waals surface area contributed by atoms with Gasteiger partial charge < -0.3 is 9.80 Å². The van der Waals surface area contributed by atoms with E-state index in [0.29, 0.717) is 37.3 Å². The Morgan fingerprint density at radius 1 is 0.818 bits per heavy atom. The molecule has 0 unspecified atom stereocenters. The number of benzene rings is 2. The second-order valence-electron chi connectivity index (χ2n) is 9.24. The van der Waals surface area contributed by atoms with Gasteiger partial charge in [0.15, 0.2) is 0 Å². The van der Waals surface area contributed by atoms with E-state index in [1.807, 2.05) is 30.3 Å². The van der Waals surface area contributed by atoms with Gasteiger partial charge in [0.25, 0.3) is 17.7 Å². The number of piperazine rings is 1. The van der Waals surface area contributed by atoms with Crippen molar-refractivity contribution in [2.75, 3.05) is 26.2 Å². The van der Waals surface area contributed by atoms with Crippen LogP contribution < -0.4 is 0 Å². The largest absolute Gasteiger partial charge is 0.336 e. The van der Waals surface area contributed by atoms with E-state index >= 15 is 0 Å². The number of imide groups is 1. The third kappa shape index (κ3) is 4.44. The van der Waals surface area contributed by atoms with E-state index < -0.39 is 5.54 Å². The number of amides is 4. The molecule has 0 atom stereocenters. The van der Waals surface area contributed by atoms with Crippen LogP contribution in [-0.4, -0.2) is 70.0 Å². The molecule has 0 aliphatic carbocycles. The fraction of sp³-hybridized carbons (Fsp3) is 0.308. The van der Waals surface area contributed by atoms with Crippen molar-refractivity contribution in [3.05, 3.63) is 76.9 Å². The van der Waals surface area contributed by atoms with Crippen LogP contribution in [0.15, 0.2) is 54.6 Å². The van der Waals surface area contributed by atoms with Crippen molar-refractivity contribution in [1.29, 1.82) is 0 Å². The molecule has 170 valence electrons. The Hall–Kier alpha value is -3.74. The Bertz CT molecular complexity index is 1140. The van der Waals surface area contributed by atoms with Crippen molar-refractivity contribution >= 4 is 29.7 Å². The molecule has 33 heavy (non-hydrogen) atoms. The molecule has 7 nitrogen and oxygen atoms in total. The smallest absolute Gasteiger partial charge is 0.262 e. The molecule has 7 heteroatoms. The Morgan fingerprint density at radius 2 is 1.42 bits per heavy atom. The summed E-state index contributed by atoms with van der Waals surface area (Å²) in [6.45, 7) is 7.08. The molecule has 4 amide bonds. The van der Waals surface area contributed by atoms with E-state index in [1.165, 1.54) is 11.0 Å². The van der Waals surface area contributed by atoms with Crippen LogP contribution in [0.1, 0.15) is 57.4 Å². The summed E-state index contributed by atoms with van der Waals surface area (Å²) in [6, 6.07) is 14.3. The minimum absolute atomic E-state index is 0.0881. The summed E-state index contributed by atoms with van der Waals surface area (Å²) < 4.78 is 0. The quantitative estimate of drug-likeness (QED) is 0.537. The van der Waals surface area contributed by atoms with Gasteiger partial charge in [0.1, 0.15) is 0 Å². The highest BCUT2D eigenvalue weighted by molar-refractivity contribution is 6.22. The number of carbonyl (C=O) groups excluding carboxylic acids is 4. The van der Waals surface area contributed by atoms with Crippen LogP contribution in [0.5, 0.6) is 0 Å². The maximum Gasteiger partial charge on any atom is 0.262 e. The minimum Gasteiger partial charge on any atom is -0.336 e. The van der Waals surface area contributed by atoms with E-state index in [1.54, 1.807) is 54.9 Å². The summed E-state index contributed by atoms with van der Waals surface area (Å²) in [6.07, 6.45) is 3.33. The zero-order chi connectivity index (χ0) is 23.8. The van der Waals surface area contributed by atoms with Crippen molar-refractivity contribution in [1.82, 2.24) is 14.7 Å². The lowest BCUT2D eigenvalue weighted by Gasteiger charge is -2.34. The second-order valence-corrected chi connectivity index (χ2v) is 9.24. The molecule has 0 bridgehead atoms. The maximum atomic E-state index is 13.1. The van der Waals surface area contributed by atoms with Gasteiger partial charge in [-0.2, -0.15) is 0 Å². The third-order valence-electron chi connectivity index (χ3n) is 5.90. The number of fused-ring (bicyclic) bond motifs is 1. The average Bonchev–Trinajstić information content (AvgIpc) is 3.07. The van der Waals surface area contributed by atoms with E-state index in [4.69, 9.17) is 0 Å². The van der Waals surface area contributed by atoms with E-state index in [-0.39, 0.29) is 29.2 Å². The van der Waals surface area contributed by atoms with Gasteiger partial charge in [-0.25, -0.2) is 0 Å². The monoisotopic (exact) mass is 445 g/mol. The van der Waals surface area contributed by atoms with Gasteiger partial charge in [0, 0.05) is 43.4 Å². The number of nitrogens with zero attached hydrogens (tertiary/aromatic N) is 3. The first kappa shape index (κ1) is 22.5. The van der Waals surface area contributed by atoms with Crippen LogP contribution in [-0.2, 0) is 4.79 Å². The van der Waals surface area contributed by atoms with Gasteiger partial charge >= 0.3 is 0 Å². The summed E-state index contributed by atoms with van der Waals surface area (Å²) in [5.41, 5.74) is 1.27. The van der Waals surface area contributed by atoms with Gasteiger partial charge in [-0.3, -0.25) is 24.1 Å². The highest BCUT2D eigenvalue weighted by Gasteiger charge is 2.42. The first-order valence-electron chi connectivity index (χ1n) is 11.0. The van der Waals surface area contributed by atoms with Crippen LogP contribution in [0, 0.1) is 0 Å². The van der Waals surface area contributed by atoms with Gasteiger partial charge in [-0.1, -0.05) is 30.3 Å². The fourth-order valence-corrected chi connectivity index (χ4v) is 4.13. The van der Waals surface area contributed by atoms with Crippen LogP contribution in [0.25, 0.3) is 6.08 Å². The normalized spacial score (nSPS) is 16.5. The molecule has 4 rings (SSSR count). The standard InChI is InChI=1S/C26H27N3O4/c1-26(2,3)29-24(32)20-11-10-19(17-21(20)25(29)33)23(31)28-15-13-27(14-16-28)22(30)12-9-18-7-5-4-6-8-18/h4-12,17H,13-16H2,1-3H3/b12-9+. The van der Waals surface area contributed by atoms with E-state index in [2.05, 4.69) is 0 Å². The summed E-state index contributed by atoms with van der Waals surface area (Å²) in [5.74, 6) is -1.01. The molecule has 2 heterocycles. The molecular weight excluding hydrogens is 418 g/mol. The number of carbonyl (C=O) groups is 4. The van der Waals surface area contributed by atoms with Gasteiger partial charge in [0.05, 0.1) is 11.1 Å². The molecule has 0 radical (unpaired) electrons. The second kappa shape index (κ2) is 8.65. The third-order valence-corrected chi connectivity index (χ3v) is 5.90. The lowest BCUT2D eigenvalue weighted by Crippen LogP contribution is -2.50. The Labute approximate surface area is 193 Å². The van der Waals surface area contributed by atoms with Crippen LogP contribution >= 0.6 is 0 Å². The molecule has 2 aromatic rings. The number of rotatable bonds is 3. The maximum absolute atomic E-state index is 13.1. The molecule has 0 N–H and O–H groups in total. The first-order chi connectivity index (χ1) is 15.7. The average molecular weight is 446 g/mol. The molecule has 0 saturated carbocycles. The molecule has 1 saturated heterocycles. The Kier molecular flexibility index (Phi) is 5.89. The van der Waals surface area contributed by atoms with E-state index in [0.717, 1.165) is 5.56 Å². The minimum atomic E-state index is -0.644. The molecule has 0 aromatic heterocycles. The molecular formula is C26H27N3O4.